The minimum Gasteiger partial charge on any atom is -1.00 e. The van der Waals surface area contributed by atoms with Crippen LogP contribution in [0.2, 0.25) is 0 Å². The fourth-order valence-electron chi connectivity index (χ4n) is 0. The molecule has 0 heterocycles. The molecule has 0 bridgehead atoms. The topological polar surface area (TPSA) is 0 Å². The van der Waals surface area contributed by atoms with E-state index in [1.807, 2.05) is 4.31 Å². The fourth-order valence-corrected chi connectivity index (χ4v) is 0. The van der Waals surface area contributed by atoms with Crippen molar-refractivity contribution in [1.82, 2.24) is 0 Å². The van der Waals surface area contributed by atoms with E-state index < -0.39 is 0 Å². The van der Waals surface area contributed by atoms with Crippen LogP contribution in [-0.2, 0) is 0 Å². The van der Waals surface area contributed by atoms with E-state index >= 15 is 0 Å². The zero-order chi connectivity index (χ0) is 2.71. The van der Waals surface area contributed by atoms with Gasteiger partial charge in [-0.05, 0) is 24.4 Å². The third kappa shape index (κ3) is 91.5. The second kappa shape index (κ2) is 48.6. The summed E-state index contributed by atoms with van der Waals surface area (Å²) in [6, 6.07) is 0. The molecule has 0 saturated carbocycles. The van der Waals surface area contributed by atoms with Crippen molar-refractivity contribution >= 4 is 46.1 Å². The Bertz CT molecular complexity index is 33.9. The van der Waals surface area contributed by atoms with Gasteiger partial charge in [-0.15, -0.1) is 0 Å². The Morgan fingerprint density at radius 3 is 0.857 bits per heavy atom. The van der Waals surface area contributed by atoms with E-state index in [1.54, 1.807) is 0 Å². The van der Waals surface area contributed by atoms with Gasteiger partial charge in [0.25, 0.3) is 0 Å². The molecule has 0 unspecified atom stereocenters. The maximum absolute atomic E-state index is 3.96. The SMILES string of the molecule is S=C=S.[Al+3].[Cl-].[Cl-].[Cl-]. The van der Waals surface area contributed by atoms with E-state index in [1.165, 1.54) is 0 Å². The zero-order valence-electron chi connectivity index (χ0n) is 3.03. The van der Waals surface area contributed by atoms with Crippen LogP contribution in [0.1, 0.15) is 0 Å². The molecule has 7 heavy (non-hydrogen) atoms. The summed E-state index contributed by atoms with van der Waals surface area (Å²) in [4.78, 5) is 0. The molecule has 0 rings (SSSR count). The first-order valence-electron chi connectivity index (χ1n) is 0.408. The number of rotatable bonds is 0. The van der Waals surface area contributed by atoms with Crippen molar-refractivity contribution in [2.24, 2.45) is 0 Å². The molecule has 0 aliphatic heterocycles. The maximum Gasteiger partial charge on any atom is 3.00 e. The van der Waals surface area contributed by atoms with Crippen LogP contribution in [0.4, 0.5) is 0 Å². The standard InChI is InChI=1S/CS2.Al.3ClH/c2-1-3;;;;/h;;3*1H/q;+3;;;/p-3. The quantitative estimate of drug-likeness (QED) is 0.287. The Kier molecular flexibility index (Phi) is 265. The summed E-state index contributed by atoms with van der Waals surface area (Å²) < 4.78 is 1.92. The van der Waals surface area contributed by atoms with E-state index in [2.05, 4.69) is 24.4 Å². The third-order valence-corrected chi connectivity index (χ3v) is 0. The Labute approximate surface area is 82.8 Å². The van der Waals surface area contributed by atoms with Gasteiger partial charge in [0.05, 0.1) is 0 Å². The van der Waals surface area contributed by atoms with Gasteiger partial charge in [-0.1, -0.05) is 0 Å². The molecule has 0 aliphatic carbocycles. The van der Waals surface area contributed by atoms with E-state index in [0.29, 0.717) is 0 Å². The number of halogens is 3. The van der Waals surface area contributed by atoms with Crippen molar-refractivity contribution in [3.05, 3.63) is 0 Å². The van der Waals surface area contributed by atoms with E-state index in [4.69, 9.17) is 0 Å². The molecule has 0 aliphatic rings. The number of hydrogen-bond acceptors (Lipinski definition) is 2. The molecule has 0 atom stereocenters. The van der Waals surface area contributed by atoms with E-state index in [0.717, 1.165) is 0 Å². The minimum absolute atomic E-state index is 0. The van der Waals surface area contributed by atoms with Crippen LogP contribution < -0.4 is 37.2 Å². The molecule has 0 aromatic rings. The van der Waals surface area contributed by atoms with Crippen LogP contribution in [0.5, 0.6) is 0 Å². The van der Waals surface area contributed by atoms with Crippen LogP contribution in [0.3, 0.4) is 0 Å². The summed E-state index contributed by atoms with van der Waals surface area (Å²) in [5.74, 6) is 0. The molecule has 0 spiro atoms. The Hall–Kier alpha value is 1.62. The van der Waals surface area contributed by atoms with E-state index in [9.17, 15) is 0 Å². The minimum atomic E-state index is 0. The van der Waals surface area contributed by atoms with Gasteiger partial charge in [0.2, 0.25) is 0 Å². The second-order valence-electron chi connectivity index (χ2n) is 0.0833. The van der Waals surface area contributed by atoms with Gasteiger partial charge in [-0.25, -0.2) is 0 Å². The molecular formula is CAlCl3S2. The average Bonchev–Trinajstić information content (AvgIpc) is 0.918. The van der Waals surface area contributed by atoms with Gasteiger partial charge in [0.1, 0.15) is 0 Å². The zero-order valence-corrected chi connectivity index (χ0v) is 8.08. The molecule has 0 saturated heterocycles. The molecule has 0 fully saturated rings. The predicted molar refractivity (Wildman–Crippen MR) is 25.9 cm³/mol. The third-order valence-electron chi connectivity index (χ3n) is 0. The van der Waals surface area contributed by atoms with Crippen molar-refractivity contribution in [2.75, 3.05) is 0 Å². The molecule has 0 amide bonds. The number of hydrogen-bond donors (Lipinski definition) is 0. The van der Waals surface area contributed by atoms with Crippen molar-refractivity contribution in [3.8, 4) is 0 Å². The molecule has 0 aromatic carbocycles. The second-order valence-corrected chi connectivity index (χ2v) is 0.750. The van der Waals surface area contributed by atoms with Gasteiger partial charge < -0.3 is 37.2 Å². The first-order valence-corrected chi connectivity index (χ1v) is 1.22. The van der Waals surface area contributed by atoms with Crippen LogP contribution in [0.25, 0.3) is 0 Å². The monoisotopic (exact) mass is 208 g/mol. The van der Waals surface area contributed by atoms with Gasteiger partial charge in [0.15, 0.2) is 0 Å². The molecule has 0 aromatic heterocycles. The van der Waals surface area contributed by atoms with Crippen molar-refractivity contribution < 1.29 is 37.2 Å². The van der Waals surface area contributed by atoms with Gasteiger partial charge in [-0.2, -0.15) is 0 Å². The molecule has 0 radical (unpaired) electrons. The Balaban J connectivity index is -0.00000000333. The summed E-state index contributed by atoms with van der Waals surface area (Å²) in [6.07, 6.45) is 0. The number of thiocarbonyl (C=S) groups is 2. The van der Waals surface area contributed by atoms with Gasteiger partial charge in [0, 0.05) is 4.31 Å². The first-order chi connectivity index (χ1) is 1.41. The van der Waals surface area contributed by atoms with Crippen LogP contribution >= 0.6 is 24.4 Å². The van der Waals surface area contributed by atoms with Crippen LogP contribution in [0, 0.1) is 0 Å². The van der Waals surface area contributed by atoms with Gasteiger partial charge >= 0.3 is 17.4 Å². The summed E-state index contributed by atoms with van der Waals surface area (Å²) in [6.45, 7) is 0. The molecule has 0 N–H and O–H groups in total. The van der Waals surface area contributed by atoms with Crippen molar-refractivity contribution in [3.63, 3.8) is 0 Å². The summed E-state index contributed by atoms with van der Waals surface area (Å²) in [5.41, 5.74) is 0. The summed E-state index contributed by atoms with van der Waals surface area (Å²) in [7, 11) is 0. The smallest absolute Gasteiger partial charge is 1.00 e. The summed E-state index contributed by atoms with van der Waals surface area (Å²) >= 11 is 7.92. The van der Waals surface area contributed by atoms with Crippen LogP contribution in [0.15, 0.2) is 0 Å². The predicted octanol–water partition coefficient (Wildman–Crippen LogP) is -8.35. The largest absolute Gasteiger partial charge is 3.00 e. The van der Waals surface area contributed by atoms with Crippen molar-refractivity contribution in [2.45, 2.75) is 0 Å². The van der Waals surface area contributed by atoms with E-state index in [-0.39, 0.29) is 54.6 Å². The molecule has 40 valence electrons. The maximum atomic E-state index is 3.96. The normalized spacial score (nSPS) is 1.14. The molecule has 0 nitrogen and oxygen atoms in total. The molecular weight excluding hydrogens is 209 g/mol. The van der Waals surface area contributed by atoms with Crippen LogP contribution in [-0.4, -0.2) is 21.7 Å². The van der Waals surface area contributed by atoms with Gasteiger partial charge in [-0.3, -0.25) is 0 Å². The van der Waals surface area contributed by atoms with Crippen molar-refractivity contribution in [1.29, 1.82) is 0 Å². The fraction of sp³-hybridized carbons (Fsp3) is 0. The molecule has 6 heteroatoms. The average molecular weight is 209 g/mol. The Morgan fingerprint density at radius 1 is 0.857 bits per heavy atom. The Morgan fingerprint density at radius 2 is 0.857 bits per heavy atom. The summed E-state index contributed by atoms with van der Waals surface area (Å²) in [5, 5.41) is 0. The first kappa shape index (κ1) is 38.2.